The van der Waals surface area contributed by atoms with Gasteiger partial charge in [0.1, 0.15) is 18.1 Å². The minimum absolute atomic E-state index is 0.00568. The van der Waals surface area contributed by atoms with E-state index in [0.717, 1.165) is 41.3 Å². The predicted molar refractivity (Wildman–Crippen MR) is 178 cm³/mol. The fourth-order valence-corrected chi connectivity index (χ4v) is 6.96. The Morgan fingerprint density at radius 2 is 1.67 bits per heavy atom. The van der Waals surface area contributed by atoms with Crippen LogP contribution in [0.4, 0.5) is 0 Å². The molecular weight excluding hydrogens is 612 g/mol. The Morgan fingerprint density at radius 3 is 2.44 bits per heavy atom. The molecule has 3 aliphatic rings. The molecule has 3 heterocycles. The van der Waals surface area contributed by atoms with Crippen molar-refractivity contribution in [3.05, 3.63) is 71.9 Å². The average molecular weight is 657 g/mol. The Morgan fingerprint density at radius 1 is 0.896 bits per heavy atom. The van der Waals surface area contributed by atoms with Gasteiger partial charge < -0.3 is 35.8 Å². The molecule has 12 heteroatoms. The molecule has 5 N–H and O–H groups in total. The molecule has 6 rings (SSSR count). The molecule has 3 fully saturated rings. The largest absolute Gasteiger partial charge is 0.391 e. The number of aliphatic hydroxyl groups is 1. The van der Waals surface area contributed by atoms with Gasteiger partial charge in [0.2, 0.25) is 29.5 Å². The van der Waals surface area contributed by atoms with Crippen molar-refractivity contribution in [3.63, 3.8) is 0 Å². The molecule has 2 saturated heterocycles. The highest BCUT2D eigenvalue weighted by atomic mass is 16.3. The van der Waals surface area contributed by atoms with Gasteiger partial charge in [0.15, 0.2) is 0 Å². The number of benzene rings is 2. The molecule has 0 bridgehead atoms. The maximum atomic E-state index is 14.3. The van der Waals surface area contributed by atoms with E-state index in [1.807, 2.05) is 54.6 Å². The molecule has 0 spiro atoms. The maximum absolute atomic E-state index is 14.3. The van der Waals surface area contributed by atoms with Gasteiger partial charge in [-0.05, 0) is 29.5 Å². The number of aromatic amines is 1. The first-order chi connectivity index (χ1) is 23.2. The number of amides is 5. The number of para-hydroxylation sites is 1. The van der Waals surface area contributed by atoms with Crippen molar-refractivity contribution < 1.29 is 29.1 Å². The standard InChI is InChI=1S/C36H44N6O6/c43-26-19-31-35(47)40-29(17-24-7-2-1-3-8-24)34(46)37-15-16-41(33(45)14-13-23-9-6-10-23)22-32(44)39-30(36(48)42(31)21-26)18-25-20-38-28-12-5-4-11-27(25)28/h1-5,7-8,11-12,20,23,26,29-31,38,43H,6,9-10,13-19,21-22H2,(H,37,46)(H,39,44)(H,40,47)/t26-,29+,30-,31+/m1/s1. The van der Waals surface area contributed by atoms with Gasteiger partial charge in [-0.1, -0.05) is 67.8 Å². The van der Waals surface area contributed by atoms with Gasteiger partial charge in [-0.3, -0.25) is 24.0 Å². The zero-order valence-electron chi connectivity index (χ0n) is 27.0. The summed E-state index contributed by atoms with van der Waals surface area (Å²) in [6.45, 7) is -0.211. The number of aromatic nitrogens is 1. The quantitative estimate of drug-likeness (QED) is 0.258. The van der Waals surface area contributed by atoms with Crippen LogP contribution >= 0.6 is 0 Å². The summed E-state index contributed by atoms with van der Waals surface area (Å²) in [6, 6.07) is 13.8. The van der Waals surface area contributed by atoms with E-state index in [9.17, 15) is 29.1 Å². The van der Waals surface area contributed by atoms with Gasteiger partial charge in [0.05, 0.1) is 12.6 Å². The number of fused-ring (bicyclic) bond motifs is 2. The van der Waals surface area contributed by atoms with Crippen LogP contribution in [0.25, 0.3) is 10.9 Å². The van der Waals surface area contributed by atoms with Crippen molar-refractivity contribution in [2.45, 2.75) is 75.6 Å². The topological polar surface area (TPSA) is 164 Å². The molecule has 1 aromatic heterocycles. The highest BCUT2D eigenvalue weighted by Crippen LogP contribution is 2.30. The summed E-state index contributed by atoms with van der Waals surface area (Å²) in [5.74, 6) is -1.72. The van der Waals surface area contributed by atoms with Crippen molar-refractivity contribution in [2.75, 3.05) is 26.2 Å². The van der Waals surface area contributed by atoms with Crippen LogP contribution in [0.2, 0.25) is 0 Å². The zero-order chi connectivity index (χ0) is 33.6. The van der Waals surface area contributed by atoms with Crippen LogP contribution < -0.4 is 16.0 Å². The molecule has 4 atom stereocenters. The summed E-state index contributed by atoms with van der Waals surface area (Å²) < 4.78 is 0. The average Bonchev–Trinajstić information content (AvgIpc) is 3.65. The Labute approximate surface area is 279 Å². The van der Waals surface area contributed by atoms with Crippen LogP contribution in [0.5, 0.6) is 0 Å². The Balaban J connectivity index is 1.30. The van der Waals surface area contributed by atoms with Gasteiger partial charge in [0, 0.05) is 62.4 Å². The van der Waals surface area contributed by atoms with E-state index in [-0.39, 0.29) is 51.3 Å². The van der Waals surface area contributed by atoms with E-state index in [4.69, 9.17) is 0 Å². The third kappa shape index (κ3) is 7.87. The second-order valence-corrected chi connectivity index (χ2v) is 13.3. The minimum Gasteiger partial charge on any atom is -0.391 e. The molecular formula is C36H44N6O6. The van der Waals surface area contributed by atoms with Crippen molar-refractivity contribution in [1.29, 1.82) is 0 Å². The summed E-state index contributed by atoms with van der Waals surface area (Å²) in [5.41, 5.74) is 2.51. The van der Waals surface area contributed by atoms with Gasteiger partial charge in [0.25, 0.3) is 0 Å². The second kappa shape index (κ2) is 15.0. The van der Waals surface area contributed by atoms with Crippen molar-refractivity contribution in [3.8, 4) is 0 Å². The number of hydrogen-bond acceptors (Lipinski definition) is 6. The molecule has 0 radical (unpaired) electrons. The number of H-pyrrole nitrogens is 1. The predicted octanol–water partition coefficient (Wildman–Crippen LogP) is 1.42. The van der Waals surface area contributed by atoms with Crippen LogP contribution in [-0.4, -0.2) is 99.8 Å². The highest BCUT2D eigenvalue weighted by Gasteiger charge is 2.43. The monoisotopic (exact) mass is 656 g/mol. The fraction of sp³-hybridized carbons (Fsp3) is 0.472. The Hall–Kier alpha value is -4.71. The molecule has 1 saturated carbocycles. The molecule has 12 nitrogen and oxygen atoms in total. The van der Waals surface area contributed by atoms with Crippen LogP contribution in [0.3, 0.4) is 0 Å². The number of rotatable bonds is 7. The first-order valence-corrected chi connectivity index (χ1v) is 17.0. The van der Waals surface area contributed by atoms with Crippen LogP contribution in [0.1, 0.15) is 49.7 Å². The molecule has 2 aliphatic heterocycles. The molecule has 5 amide bonds. The lowest BCUT2D eigenvalue weighted by atomic mass is 9.82. The lowest BCUT2D eigenvalue weighted by Crippen LogP contribution is -2.57. The number of carbonyl (C=O) groups excluding carboxylic acids is 5. The normalized spacial score (nSPS) is 24.6. The minimum atomic E-state index is -1.07. The van der Waals surface area contributed by atoms with E-state index in [2.05, 4.69) is 20.9 Å². The molecule has 48 heavy (non-hydrogen) atoms. The van der Waals surface area contributed by atoms with Gasteiger partial charge in [-0.2, -0.15) is 0 Å². The smallest absolute Gasteiger partial charge is 0.246 e. The summed E-state index contributed by atoms with van der Waals surface area (Å²) in [6.07, 6.45) is 5.56. The number of nitrogens with zero attached hydrogens (tertiary/aromatic N) is 2. The zero-order valence-corrected chi connectivity index (χ0v) is 27.0. The summed E-state index contributed by atoms with van der Waals surface area (Å²) in [5, 5.41) is 20.1. The van der Waals surface area contributed by atoms with E-state index >= 15 is 0 Å². The fourth-order valence-electron chi connectivity index (χ4n) is 6.96. The molecule has 1 aliphatic carbocycles. The summed E-state index contributed by atoms with van der Waals surface area (Å²) in [4.78, 5) is 74.6. The molecule has 3 aromatic rings. The van der Waals surface area contributed by atoms with Gasteiger partial charge in [-0.15, -0.1) is 0 Å². The van der Waals surface area contributed by atoms with Crippen molar-refractivity contribution >= 4 is 40.4 Å². The Bertz CT molecular complexity index is 1640. The third-order valence-corrected chi connectivity index (χ3v) is 9.87. The molecule has 0 unspecified atom stereocenters. The Kier molecular flexibility index (Phi) is 10.4. The molecule has 254 valence electrons. The summed E-state index contributed by atoms with van der Waals surface area (Å²) >= 11 is 0. The first kappa shape index (κ1) is 33.2. The number of nitrogens with one attached hydrogen (secondary N) is 4. The van der Waals surface area contributed by atoms with Crippen molar-refractivity contribution in [1.82, 2.24) is 30.7 Å². The van der Waals surface area contributed by atoms with E-state index in [0.29, 0.717) is 12.3 Å². The number of aliphatic hydroxyl groups excluding tert-OH is 1. The SMILES string of the molecule is O=C1CN(C(=O)CCC2CCC2)CCNC(=O)[C@H](Cc2ccccc2)NC(=O)[C@@H]2C[C@@H](O)CN2C(=O)[C@@H](Cc2c[nH]c3ccccc23)N1. The van der Waals surface area contributed by atoms with Crippen molar-refractivity contribution in [2.24, 2.45) is 5.92 Å². The number of carbonyl (C=O) groups is 5. The first-order valence-electron chi connectivity index (χ1n) is 17.0. The van der Waals surface area contributed by atoms with E-state index in [1.165, 1.54) is 16.2 Å². The number of hydrogen-bond donors (Lipinski definition) is 5. The molecule has 2 aromatic carbocycles. The lowest BCUT2D eigenvalue weighted by molar-refractivity contribution is -0.142. The highest BCUT2D eigenvalue weighted by molar-refractivity contribution is 5.96. The summed E-state index contributed by atoms with van der Waals surface area (Å²) in [7, 11) is 0. The van der Waals surface area contributed by atoms with Gasteiger partial charge in [-0.25, -0.2) is 0 Å². The second-order valence-electron chi connectivity index (χ2n) is 13.3. The van der Waals surface area contributed by atoms with Crippen LogP contribution in [0, 0.1) is 5.92 Å². The third-order valence-electron chi connectivity index (χ3n) is 9.87. The lowest BCUT2D eigenvalue weighted by Gasteiger charge is -2.30. The van der Waals surface area contributed by atoms with Crippen LogP contribution in [-0.2, 0) is 36.8 Å². The van der Waals surface area contributed by atoms with Gasteiger partial charge >= 0.3 is 0 Å². The van der Waals surface area contributed by atoms with Crippen LogP contribution in [0.15, 0.2) is 60.8 Å². The maximum Gasteiger partial charge on any atom is 0.246 e. The van der Waals surface area contributed by atoms with E-state index in [1.54, 1.807) is 6.20 Å². The van der Waals surface area contributed by atoms with E-state index < -0.39 is 47.9 Å².